The summed E-state index contributed by atoms with van der Waals surface area (Å²) in [6.45, 7) is -0.551. The van der Waals surface area contributed by atoms with Gasteiger partial charge in [0.2, 0.25) is 23.8 Å². The third kappa shape index (κ3) is 6.97. The minimum Gasteiger partial charge on any atom is -0.508 e. The van der Waals surface area contributed by atoms with Gasteiger partial charge in [-0.05, 0) is 31.2 Å². The number of hydrogen-bond donors (Lipinski definition) is 11. The van der Waals surface area contributed by atoms with Crippen molar-refractivity contribution < 1.29 is 89.0 Å². The molecule has 0 saturated carbocycles. The van der Waals surface area contributed by atoms with Gasteiger partial charge in [0.15, 0.2) is 12.1 Å². The van der Waals surface area contributed by atoms with Crippen molar-refractivity contribution >= 4 is 11.0 Å². The van der Waals surface area contributed by atoms with Crippen LogP contribution >= 0.6 is 0 Å². The van der Waals surface area contributed by atoms with Crippen molar-refractivity contribution in [3.05, 3.63) is 46.6 Å². The molecule has 3 aromatic rings. The maximum atomic E-state index is 13.8. The number of benzene rings is 2. The van der Waals surface area contributed by atoms with Crippen molar-refractivity contribution in [1.29, 1.82) is 0 Å². The predicted octanol–water partition coefficient (Wildman–Crippen LogP) is -3.28. The highest BCUT2D eigenvalue weighted by Crippen LogP contribution is 2.39. The molecule has 3 fully saturated rings. The predicted molar refractivity (Wildman–Crippen MR) is 165 cm³/mol. The summed E-state index contributed by atoms with van der Waals surface area (Å²) in [7, 11) is 0. The van der Waals surface area contributed by atoms with E-state index in [1.807, 2.05) is 0 Å². The molecule has 1 aromatic heterocycles. The summed E-state index contributed by atoms with van der Waals surface area (Å²) in [5.74, 6) is -1.96. The van der Waals surface area contributed by atoms with Gasteiger partial charge in [-0.25, -0.2) is 0 Å². The smallest absolute Gasteiger partial charge is 0.239 e. The van der Waals surface area contributed by atoms with Crippen molar-refractivity contribution in [2.75, 3.05) is 19.8 Å². The van der Waals surface area contributed by atoms with Crippen LogP contribution in [0.25, 0.3) is 22.3 Å². The molecule has 13 atom stereocenters. The molecule has 0 radical (unpaired) electrons. The lowest BCUT2D eigenvalue weighted by atomic mass is 9.98. The quantitative estimate of drug-likeness (QED) is 0.103. The van der Waals surface area contributed by atoms with Gasteiger partial charge in [0.05, 0.1) is 25.9 Å². The molecule has 19 nitrogen and oxygen atoms in total. The lowest BCUT2D eigenvalue weighted by Crippen LogP contribution is -2.61. The highest BCUT2D eigenvalue weighted by Gasteiger charge is 2.50. The van der Waals surface area contributed by atoms with Gasteiger partial charge in [-0.2, -0.15) is 0 Å². The molecule has 11 N–H and O–H groups in total. The van der Waals surface area contributed by atoms with E-state index >= 15 is 0 Å². The number of aliphatic hydroxyl groups excluding tert-OH is 8. The molecule has 0 aliphatic carbocycles. The fourth-order valence-corrected chi connectivity index (χ4v) is 5.87. The highest BCUT2D eigenvalue weighted by atomic mass is 16.7. The highest BCUT2D eigenvalue weighted by molar-refractivity contribution is 5.88. The maximum Gasteiger partial charge on any atom is 0.239 e. The lowest BCUT2D eigenvalue weighted by Gasteiger charge is -2.42. The largest absolute Gasteiger partial charge is 0.508 e. The standard InChI is InChI=1S/C32H38O19/c1-11-19(36)22(39)24(41)29(47-11)45-8-17-20(37)23(40)25(42)30(50-17)48-14-6-15(35)18-16(7-14)49-26(12-2-4-13(34)5-3-12)27(21(18)38)51-31-28(43)32(44,9-33)10-46-31/h2-7,11,17,19-20,22-25,28-31,33-37,39-44H,8-10H2,1H3/t11-,17+,19-,20+,22+,23-,24+,25+,28-,29+,30+,31-,32+/m0/s1. The number of phenols is 2. The number of aliphatic hydroxyl groups is 9. The van der Waals surface area contributed by atoms with Crippen LogP contribution in [0.5, 0.6) is 23.0 Å². The van der Waals surface area contributed by atoms with Crippen molar-refractivity contribution in [2.24, 2.45) is 0 Å². The number of phenolic OH excluding ortho intramolecular Hbond substituents is 2. The Kier molecular flexibility index (Phi) is 10.5. The zero-order chi connectivity index (χ0) is 36.9. The van der Waals surface area contributed by atoms with E-state index in [9.17, 15) is 61.0 Å². The number of aromatic hydroxyl groups is 2. The first kappa shape index (κ1) is 37.1. The molecule has 0 bridgehead atoms. The molecule has 2 aromatic carbocycles. The lowest BCUT2D eigenvalue weighted by molar-refractivity contribution is -0.318. The minimum atomic E-state index is -2.09. The first-order valence-electron chi connectivity index (χ1n) is 15.7. The normalized spacial score (nSPS) is 37.1. The van der Waals surface area contributed by atoms with Crippen molar-refractivity contribution in [3.8, 4) is 34.3 Å². The number of fused-ring (bicyclic) bond motifs is 1. The van der Waals surface area contributed by atoms with Gasteiger partial charge in [0, 0.05) is 17.7 Å². The Morgan fingerprint density at radius 3 is 2.16 bits per heavy atom. The third-order valence-electron chi connectivity index (χ3n) is 9.00. The average Bonchev–Trinajstić information content (AvgIpc) is 3.39. The molecule has 3 aliphatic heterocycles. The summed E-state index contributed by atoms with van der Waals surface area (Å²) in [6.07, 6.45) is -19.1. The number of rotatable bonds is 9. The van der Waals surface area contributed by atoms with E-state index in [4.69, 9.17) is 32.8 Å². The zero-order valence-corrected chi connectivity index (χ0v) is 26.7. The van der Waals surface area contributed by atoms with E-state index in [2.05, 4.69) is 0 Å². The van der Waals surface area contributed by atoms with E-state index in [-0.39, 0.29) is 28.4 Å². The van der Waals surface area contributed by atoms with Crippen LogP contribution in [0, 0.1) is 0 Å². The second-order valence-electron chi connectivity index (χ2n) is 12.6. The summed E-state index contributed by atoms with van der Waals surface area (Å²) >= 11 is 0. The van der Waals surface area contributed by atoms with Crippen molar-refractivity contribution in [1.82, 2.24) is 0 Å². The van der Waals surface area contributed by atoms with Crippen LogP contribution in [0.1, 0.15) is 6.92 Å². The molecule has 3 saturated heterocycles. The summed E-state index contributed by atoms with van der Waals surface area (Å²) in [5, 5.41) is 113. The summed E-state index contributed by atoms with van der Waals surface area (Å²) in [6, 6.07) is 7.37. The maximum absolute atomic E-state index is 13.8. The monoisotopic (exact) mass is 726 g/mol. The van der Waals surface area contributed by atoms with Crippen LogP contribution in [0.4, 0.5) is 0 Å². The van der Waals surface area contributed by atoms with Crippen LogP contribution < -0.4 is 14.9 Å². The second-order valence-corrected chi connectivity index (χ2v) is 12.6. The summed E-state index contributed by atoms with van der Waals surface area (Å²) < 4.78 is 39.1. The molecule has 4 heterocycles. The Morgan fingerprint density at radius 1 is 0.824 bits per heavy atom. The van der Waals surface area contributed by atoms with Crippen molar-refractivity contribution in [3.63, 3.8) is 0 Å². The Balaban J connectivity index is 1.28. The van der Waals surface area contributed by atoms with Gasteiger partial charge in [0.25, 0.3) is 0 Å². The minimum absolute atomic E-state index is 0.129. The first-order valence-corrected chi connectivity index (χ1v) is 15.7. The summed E-state index contributed by atoms with van der Waals surface area (Å²) in [4.78, 5) is 13.8. The molecule has 0 unspecified atom stereocenters. The Labute approximate surface area is 287 Å². The van der Waals surface area contributed by atoms with Gasteiger partial charge >= 0.3 is 0 Å². The molecule has 19 heteroatoms. The molecule has 0 amide bonds. The van der Waals surface area contributed by atoms with E-state index in [0.29, 0.717) is 0 Å². The SMILES string of the molecule is C[C@@H]1O[C@@H](OC[C@H]2O[C@@H](Oc3cc(O)c4c(=O)c(O[C@@H]5OC[C@](O)(CO)[C@H]5O)c(-c5ccc(O)cc5)oc4c3)[C@H](O)[C@@H](O)[C@@H]2O)[C@H](O)[C@H](O)[C@H]1O. The fraction of sp³-hybridized carbons (Fsp3) is 0.531. The van der Waals surface area contributed by atoms with E-state index in [1.54, 1.807) is 0 Å². The third-order valence-corrected chi connectivity index (χ3v) is 9.00. The summed E-state index contributed by atoms with van der Waals surface area (Å²) in [5.41, 5.74) is -3.19. The van der Waals surface area contributed by atoms with Gasteiger partial charge in [-0.1, -0.05) is 0 Å². The average molecular weight is 727 g/mol. The van der Waals surface area contributed by atoms with Crippen LogP contribution in [0.15, 0.2) is 45.6 Å². The van der Waals surface area contributed by atoms with E-state index < -0.39 is 122 Å². The Morgan fingerprint density at radius 2 is 1.49 bits per heavy atom. The number of ether oxygens (including phenoxy) is 6. The van der Waals surface area contributed by atoms with Crippen molar-refractivity contribution in [2.45, 2.75) is 86.3 Å². The molecule has 3 aliphatic rings. The molecular formula is C32H38O19. The van der Waals surface area contributed by atoms with Gasteiger partial charge in [-0.3, -0.25) is 4.79 Å². The van der Waals surface area contributed by atoms with E-state index in [0.717, 1.165) is 12.1 Å². The Hall–Kier alpha value is -3.67. The zero-order valence-electron chi connectivity index (χ0n) is 26.7. The first-order chi connectivity index (χ1) is 24.1. The molecule has 0 spiro atoms. The van der Waals surface area contributed by atoms with E-state index in [1.165, 1.54) is 31.2 Å². The van der Waals surface area contributed by atoms with Gasteiger partial charge in [0.1, 0.15) is 82.7 Å². The molecular weight excluding hydrogens is 688 g/mol. The van der Waals surface area contributed by atoms with Gasteiger partial charge < -0.3 is 89.0 Å². The molecule has 51 heavy (non-hydrogen) atoms. The van der Waals surface area contributed by atoms with Crippen LogP contribution in [0.2, 0.25) is 0 Å². The topological polar surface area (TPSA) is 308 Å². The number of hydrogen-bond acceptors (Lipinski definition) is 19. The molecule has 6 rings (SSSR count). The molecule has 280 valence electrons. The second kappa shape index (κ2) is 14.4. The van der Waals surface area contributed by atoms with Crippen LogP contribution in [-0.4, -0.2) is 155 Å². The van der Waals surface area contributed by atoms with Crippen LogP contribution in [-0.2, 0) is 18.9 Å². The van der Waals surface area contributed by atoms with Crippen LogP contribution in [0.3, 0.4) is 0 Å². The van der Waals surface area contributed by atoms with Gasteiger partial charge in [-0.15, -0.1) is 0 Å². The Bertz CT molecular complexity index is 1750. The fourth-order valence-electron chi connectivity index (χ4n) is 5.87.